The van der Waals surface area contributed by atoms with Crippen molar-refractivity contribution in [1.29, 1.82) is 0 Å². The van der Waals surface area contributed by atoms with E-state index in [0.29, 0.717) is 31.3 Å². The molecule has 27 heavy (non-hydrogen) atoms. The molecule has 1 aliphatic rings. The van der Waals surface area contributed by atoms with Crippen LogP contribution in [0.1, 0.15) is 41.5 Å². The van der Waals surface area contributed by atoms with E-state index in [0.717, 1.165) is 43.1 Å². The first kappa shape index (κ1) is 19.2. The lowest BCUT2D eigenvalue weighted by Gasteiger charge is -2.23. The quantitative estimate of drug-likeness (QED) is 0.685. The molecule has 0 aliphatic carbocycles. The van der Waals surface area contributed by atoms with E-state index in [9.17, 15) is 4.79 Å². The number of nitrogens with zero attached hydrogens (tertiary/aromatic N) is 3. The highest BCUT2D eigenvalue weighted by Gasteiger charge is 2.22. The summed E-state index contributed by atoms with van der Waals surface area (Å²) in [5, 5.41) is 14.5. The lowest BCUT2D eigenvalue weighted by atomic mass is 10.1. The van der Waals surface area contributed by atoms with Crippen LogP contribution in [0.25, 0.3) is 0 Å². The number of hydrogen-bond acceptors (Lipinski definition) is 6. The number of ether oxygens (including phenoxy) is 2. The van der Waals surface area contributed by atoms with Crippen LogP contribution in [-0.2, 0) is 0 Å². The Morgan fingerprint density at radius 1 is 1.33 bits per heavy atom. The summed E-state index contributed by atoms with van der Waals surface area (Å²) in [6, 6.07) is 7.78. The number of aromatic nitrogens is 3. The number of benzene rings is 1. The molecule has 1 amide bonds. The molecule has 8 heteroatoms. The Kier molecular flexibility index (Phi) is 6.64. The molecule has 0 unspecified atom stereocenters. The molecule has 0 bridgehead atoms. The molecule has 2 heterocycles. The van der Waals surface area contributed by atoms with Gasteiger partial charge in [0.1, 0.15) is 11.5 Å². The Hall–Kier alpha value is -2.61. The summed E-state index contributed by atoms with van der Waals surface area (Å²) in [4.78, 5) is 12.4. The number of hydrogen-bond donors (Lipinski definition) is 2. The number of amides is 1. The Morgan fingerprint density at radius 2 is 2.11 bits per heavy atom. The van der Waals surface area contributed by atoms with Crippen LogP contribution in [0, 0.1) is 6.92 Å². The van der Waals surface area contributed by atoms with Crippen LogP contribution in [-0.4, -0.2) is 54.3 Å². The van der Waals surface area contributed by atoms with Crippen molar-refractivity contribution in [3.63, 3.8) is 0 Å². The fourth-order valence-electron chi connectivity index (χ4n) is 3.19. The first-order valence-corrected chi connectivity index (χ1v) is 9.36. The number of piperidine rings is 1. The molecule has 146 valence electrons. The van der Waals surface area contributed by atoms with E-state index < -0.39 is 0 Å². The van der Waals surface area contributed by atoms with Crippen molar-refractivity contribution < 1.29 is 14.3 Å². The molecule has 1 fully saturated rings. The first-order valence-electron chi connectivity index (χ1n) is 9.36. The van der Waals surface area contributed by atoms with Gasteiger partial charge in [-0.15, -0.1) is 5.10 Å². The second kappa shape index (κ2) is 9.36. The minimum atomic E-state index is -0.186. The molecule has 0 saturated carbocycles. The van der Waals surface area contributed by atoms with Crippen LogP contribution in [0.4, 0.5) is 0 Å². The van der Waals surface area contributed by atoms with Crippen molar-refractivity contribution in [3.8, 4) is 11.5 Å². The van der Waals surface area contributed by atoms with Gasteiger partial charge in [-0.25, -0.2) is 4.68 Å². The number of rotatable bonds is 8. The van der Waals surface area contributed by atoms with Gasteiger partial charge in [0.2, 0.25) is 0 Å². The monoisotopic (exact) mass is 373 g/mol. The molecule has 1 aromatic carbocycles. The van der Waals surface area contributed by atoms with Crippen molar-refractivity contribution in [1.82, 2.24) is 25.6 Å². The van der Waals surface area contributed by atoms with E-state index in [1.807, 2.05) is 35.9 Å². The normalized spacial score (nSPS) is 14.7. The first-order chi connectivity index (χ1) is 13.2. The Balaban J connectivity index is 1.43. The average molecular weight is 373 g/mol. The summed E-state index contributed by atoms with van der Waals surface area (Å²) in [5.41, 5.74) is 1.23. The van der Waals surface area contributed by atoms with Crippen molar-refractivity contribution in [2.45, 2.75) is 32.2 Å². The van der Waals surface area contributed by atoms with Crippen molar-refractivity contribution in [3.05, 3.63) is 35.7 Å². The summed E-state index contributed by atoms with van der Waals surface area (Å²) >= 11 is 0. The maximum Gasteiger partial charge on any atom is 0.273 e. The summed E-state index contributed by atoms with van der Waals surface area (Å²) in [7, 11) is 1.62. The van der Waals surface area contributed by atoms with Crippen molar-refractivity contribution in [2.75, 3.05) is 33.4 Å². The summed E-state index contributed by atoms with van der Waals surface area (Å²) < 4.78 is 12.7. The molecule has 0 radical (unpaired) electrons. The maximum absolute atomic E-state index is 12.4. The third-order valence-corrected chi connectivity index (χ3v) is 4.71. The van der Waals surface area contributed by atoms with Gasteiger partial charge in [0.25, 0.3) is 5.91 Å². The number of methoxy groups -OCH3 is 1. The smallest absolute Gasteiger partial charge is 0.273 e. The lowest BCUT2D eigenvalue weighted by Crippen LogP contribution is -2.30. The summed E-state index contributed by atoms with van der Waals surface area (Å²) in [6.07, 6.45) is 2.71. The topological polar surface area (TPSA) is 90.3 Å². The maximum atomic E-state index is 12.4. The van der Waals surface area contributed by atoms with Crippen LogP contribution in [0.5, 0.6) is 11.5 Å². The van der Waals surface area contributed by atoms with E-state index in [-0.39, 0.29) is 5.91 Å². The summed E-state index contributed by atoms with van der Waals surface area (Å²) in [5.74, 6) is 1.32. The van der Waals surface area contributed by atoms with Gasteiger partial charge < -0.3 is 20.1 Å². The molecule has 2 aromatic rings. The van der Waals surface area contributed by atoms with Crippen LogP contribution < -0.4 is 20.1 Å². The lowest BCUT2D eigenvalue weighted by molar-refractivity contribution is 0.0946. The highest BCUT2D eigenvalue weighted by atomic mass is 16.5. The standard InChI is InChI=1S/C19H27N5O3/c1-14-18(22-23-24(14)15-7-10-20-11-8-15)19(25)21-9-4-12-27-17-6-3-5-16(13-17)26-2/h3,5-6,13,15,20H,4,7-12H2,1-2H3,(H,21,25). The Bertz CT molecular complexity index is 756. The Morgan fingerprint density at radius 3 is 2.89 bits per heavy atom. The molecular formula is C19H27N5O3. The minimum Gasteiger partial charge on any atom is -0.497 e. The highest BCUT2D eigenvalue weighted by molar-refractivity contribution is 5.93. The molecule has 1 aliphatic heterocycles. The number of carbonyl (C=O) groups is 1. The largest absolute Gasteiger partial charge is 0.497 e. The Labute approximate surface area is 159 Å². The zero-order valence-electron chi connectivity index (χ0n) is 15.9. The zero-order valence-corrected chi connectivity index (χ0v) is 15.9. The van der Waals surface area contributed by atoms with E-state index in [1.165, 1.54) is 0 Å². The van der Waals surface area contributed by atoms with Crippen LogP contribution in [0.2, 0.25) is 0 Å². The molecule has 1 aromatic heterocycles. The number of nitrogens with one attached hydrogen (secondary N) is 2. The predicted molar refractivity (Wildman–Crippen MR) is 101 cm³/mol. The average Bonchev–Trinajstić information content (AvgIpc) is 3.10. The number of carbonyl (C=O) groups excluding carboxylic acids is 1. The van der Waals surface area contributed by atoms with Crippen molar-refractivity contribution in [2.24, 2.45) is 0 Å². The van der Waals surface area contributed by atoms with Gasteiger partial charge in [-0.05, 0) is 51.4 Å². The second-order valence-electron chi connectivity index (χ2n) is 6.59. The van der Waals surface area contributed by atoms with Gasteiger partial charge in [-0.3, -0.25) is 4.79 Å². The molecule has 8 nitrogen and oxygen atoms in total. The molecule has 1 saturated heterocycles. The van der Waals surface area contributed by atoms with Gasteiger partial charge in [0.05, 0.1) is 25.5 Å². The zero-order chi connectivity index (χ0) is 19.1. The van der Waals surface area contributed by atoms with Gasteiger partial charge in [-0.1, -0.05) is 11.3 Å². The van der Waals surface area contributed by atoms with Crippen LogP contribution >= 0.6 is 0 Å². The summed E-state index contributed by atoms with van der Waals surface area (Å²) in [6.45, 7) is 4.87. The van der Waals surface area contributed by atoms with E-state index >= 15 is 0 Å². The van der Waals surface area contributed by atoms with E-state index in [2.05, 4.69) is 20.9 Å². The molecule has 2 N–H and O–H groups in total. The highest BCUT2D eigenvalue weighted by Crippen LogP contribution is 2.20. The molecule has 0 atom stereocenters. The SMILES string of the molecule is COc1cccc(OCCCNC(=O)c2nnn(C3CCNCC3)c2C)c1. The van der Waals surface area contributed by atoms with Crippen LogP contribution in [0.15, 0.2) is 24.3 Å². The predicted octanol–water partition coefficient (Wildman–Crippen LogP) is 1.72. The molecular weight excluding hydrogens is 346 g/mol. The van der Waals surface area contributed by atoms with Crippen molar-refractivity contribution >= 4 is 5.91 Å². The van der Waals surface area contributed by atoms with Gasteiger partial charge >= 0.3 is 0 Å². The van der Waals surface area contributed by atoms with E-state index in [4.69, 9.17) is 9.47 Å². The fraction of sp³-hybridized carbons (Fsp3) is 0.526. The van der Waals surface area contributed by atoms with Gasteiger partial charge in [0.15, 0.2) is 5.69 Å². The fourth-order valence-corrected chi connectivity index (χ4v) is 3.19. The molecule has 3 rings (SSSR count). The van der Waals surface area contributed by atoms with Gasteiger partial charge in [0, 0.05) is 12.6 Å². The third-order valence-electron chi connectivity index (χ3n) is 4.71. The van der Waals surface area contributed by atoms with Gasteiger partial charge in [-0.2, -0.15) is 0 Å². The molecule has 0 spiro atoms. The third kappa shape index (κ3) is 4.97. The van der Waals surface area contributed by atoms with E-state index in [1.54, 1.807) is 7.11 Å². The van der Waals surface area contributed by atoms with Crippen LogP contribution in [0.3, 0.4) is 0 Å². The second-order valence-corrected chi connectivity index (χ2v) is 6.59. The minimum absolute atomic E-state index is 0.186.